The molecule has 0 saturated carbocycles. The summed E-state index contributed by atoms with van der Waals surface area (Å²) < 4.78 is 18.3. The molecular weight excluding hydrogens is 331 g/mol. The van der Waals surface area contributed by atoms with Crippen molar-refractivity contribution in [3.63, 3.8) is 0 Å². The number of esters is 1. The number of carbonyl (C=O) groups excluding carboxylic acids is 1. The molecule has 0 aliphatic rings. The van der Waals surface area contributed by atoms with E-state index in [1.165, 1.54) is 23.5 Å². The molecule has 2 heterocycles. The minimum Gasteiger partial charge on any atom is -0.457 e. The predicted molar refractivity (Wildman–Crippen MR) is 92.7 cm³/mol. The van der Waals surface area contributed by atoms with E-state index in [1.54, 1.807) is 23.5 Å². The van der Waals surface area contributed by atoms with Crippen LogP contribution in [0.25, 0.3) is 11.6 Å². The molecule has 3 aromatic rings. The van der Waals surface area contributed by atoms with Gasteiger partial charge in [-0.3, -0.25) is 0 Å². The van der Waals surface area contributed by atoms with Crippen LogP contribution in [0.3, 0.4) is 0 Å². The molecule has 0 aliphatic heterocycles. The SMILES string of the molecule is O=C(OCc1ccc(F)cc1)/C(=C/c1cccs1)c1cccs1. The lowest BCUT2D eigenvalue weighted by molar-refractivity contribution is -0.137. The smallest absolute Gasteiger partial charge is 0.339 e. The van der Waals surface area contributed by atoms with Crippen LogP contribution in [0.2, 0.25) is 0 Å². The number of rotatable bonds is 5. The largest absolute Gasteiger partial charge is 0.457 e. The monoisotopic (exact) mass is 344 g/mol. The summed E-state index contributed by atoms with van der Waals surface area (Å²) in [6.45, 7) is 0.117. The summed E-state index contributed by atoms with van der Waals surface area (Å²) in [6, 6.07) is 13.6. The van der Waals surface area contributed by atoms with Crippen molar-refractivity contribution in [2.75, 3.05) is 0 Å². The van der Waals surface area contributed by atoms with Gasteiger partial charge in [0.05, 0.1) is 5.57 Å². The molecule has 0 fully saturated rings. The maximum Gasteiger partial charge on any atom is 0.339 e. The highest BCUT2D eigenvalue weighted by atomic mass is 32.1. The van der Waals surface area contributed by atoms with Crippen molar-refractivity contribution in [1.82, 2.24) is 0 Å². The van der Waals surface area contributed by atoms with Crippen LogP contribution < -0.4 is 0 Å². The Balaban J connectivity index is 1.77. The molecule has 3 rings (SSSR count). The van der Waals surface area contributed by atoms with Crippen molar-refractivity contribution < 1.29 is 13.9 Å². The average molecular weight is 344 g/mol. The van der Waals surface area contributed by atoms with Gasteiger partial charge in [0.15, 0.2) is 0 Å². The summed E-state index contributed by atoms with van der Waals surface area (Å²) in [4.78, 5) is 14.3. The van der Waals surface area contributed by atoms with Gasteiger partial charge in [-0.25, -0.2) is 9.18 Å². The van der Waals surface area contributed by atoms with Gasteiger partial charge in [-0.1, -0.05) is 24.3 Å². The van der Waals surface area contributed by atoms with Gasteiger partial charge in [-0.05, 0) is 46.7 Å². The number of ether oxygens (including phenoxy) is 1. The molecule has 23 heavy (non-hydrogen) atoms. The summed E-state index contributed by atoms with van der Waals surface area (Å²) in [5, 5.41) is 3.88. The standard InChI is InChI=1S/C18H13FO2S2/c19-14-7-5-13(6-8-14)12-21-18(20)16(17-4-2-10-23-17)11-15-3-1-9-22-15/h1-11H,12H2/b16-11+. The molecule has 0 bridgehead atoms. The van der Waals surface area contributed by atoms with Crippen molar-refractivity contribution in [3.8, 4) is 0 Å². The lowest BCUT2D eigenvalue weighted by Gasteiger charge is -2.07. The molecule has 0 N–H and O–H groups in total. The van der Waals surface area contributed by atoms with Gasteiger partial charge in [-0.2, -0.15) is 0 Å². The first-order chi connectivity index (χ1) is 11.2. The Morgan fingerprint density at radius 3 is 2.43 bits per heavy atom. The van der Waals surface area contributed by atoms with Gasteiger partial charge < -0.3 is 4.74 Å². The second-order valence-electron chi connectivity index (χ2n) is 4.75. The highest BCUT2D eigenvalue weighted by molar-refractivity contribution is 7.12. The van der Waals surface area contributed by atoms with Crippen LogP contribution in [0.5, 0.6) is 0 Å². The number of hydrogen-bond acceptors (Lipinski definition) is 4. The summed E-state index contributed by atoms with van der Waals surface area (Å²) in [5.74, 6) is -0.692. The molecule has 1 aromatic carbocycles. The number of hydrogen-bond donors (Lipinski definition) is 0. The van der Waals surface area contributed by atoms with Crippen molar-refractivity contribution in [2.45, 2.75) is 6.61 Å². The minimum absolute atomic E-state index is 0.117. The molecule has 0 aliphatic carbocycles. The maximum absolute atomic E-state index is 12.9. The summed E-state index contributed by atoms with van der Waals surface area (Å²) >= 11 is 3.05. The third-order valence-electron chi connectivity index (χ3n) is 3.12. The van der Waals surface area contributed by atoms with Crippen LogP contribution in [-0.2, 0) is 16.1 Å². The molecule has 0 saturated heterocycles. The quantitative estimate of drug-likeness (QED) is 0.468. The Labute approximate surface area is 141 Å². The van der Waals surface area contributed by atoms with E-state index in [0.29, 0.717) is 5.57 Å². The van der Waals surface area contributed by atoms with Gasteiger partial charge in [0.1, 0.15) is 12.4 Å². The van der Waals surface area contributed by atoms with Gasteiger partial charge >= 0.3 is 5.97 Å². The molecule has 0 radical (unpaired) electrons. The van der Waals surface area contributed by atoms with Gasteiger partial charge in [0.25, 0.3) is 0 Å². The van der Waals surface area contributed by atoms with E-state index in [9.17, 15) is 9.18 Å². The van der Waals surface area contributed by atoms with Gasteiger partial charge in [0, 0.05) is 9.75 Å². The summed E-state index contributed by atoms with van der Waals surface area (Å²) in [7, 11) is 0. The van der Waals surface area contributed by atoms with E-state index in [4.69, 9.17) is 4.74 Å². The zero-order valence-corrected chi connectivity index (χ0v) is 13.7. The first-order valence-electron chi connectivity index (χ1n) is 6.93. The van der Waals surface area contributed by atoms with Crippen LogP contribution >= 0.6 is 22.7 Å². The Morgan fingerprint density at radius 1 is 1.04 bits per heavy atom. The van der Waals surface area contributed by atoms with Crippen LogP contribution in [0, 0.1) is 5.82 Å². The van der Waals surface area contributed by atoms with Gasteiger partial charge in [-0.15, -0.1) is 22.7 Å². The number of carbonyl (C=O) groups is 1. The van der Waals surface area contributed by atoms with E-state index < -0.39 is 0 Å². The number of thiophene rings is 2. The lowest BCUT2D eigenvalue weighted by Crippen LogP contribution is -2.06. The molecule has 0 amide bonds. The third-order valence-corrected chi connectivity index (χ3v) is 4.84. The molecule has 2 aromatic heterocycles. The molecule has 5 heteroatoms. The zero-order chi connectivity index (χ0) is 16.1. The van der Waals surface area contributed by atoms with Crippen LogP contribution in [0.4, 0.5) is 4.39 Å². The Kier molecular flexibility index (Phi) is 5.00. The first-order valence-corrected chi connectivity index (χ1v) is 8.69. The molecular formula is C18H13FO2S2. The molecule has 0 atom stereocenters. The van der Waals surface area contributed by atoms with Crippen molar-refractivity contribution in [2.24, 2.45) is 0 Å². The number of halogens is 1. The normalized spacial score (nSPS) is 11.4. The summed E-state index contributed by atoms with van der Waals surface area (Å²) in [6.07, 6.45) is 1.84. The van der Waals surface area contributed by atoms with Crippen LogP contribution in [0.15, 0.2) is 59.3 Å². The van der Waals surface area contributed by atoms with E-state index in [-0.39, 0.29) is 18.4 Å². The Bertz CT molecular complexity index is 788. The molecule has 0 unspecified atom stereocenters. The minimum atomic E-state index is -0.384. The lowest BCUT2D eigenvalue weighted by atomic mass is 10.2. The van der Waals surface area contributed by atoms with Crippen molar-refractivity contribution >= 4 is 40.3 Å². The highest BCUT2D eigenvalue weighted by Crippen LogP contribution is 2.26. The molecule has 0 spiro atoms. The summed E-state index contributed by atoms with van der Waals surface area (Å²) in [5.41, 5.74) is 1.28. The average Bonchev–Trinajstić information content (AvgIpc) is 3.25. The van der Waals surface area contributed by atoms with Crippen molar-refractivity contribution in [1.29, 1.82) is 0 Å². The van der Waals surface area contributed by atoms with E-state index in [1.807, 2.05) is 41.1 Å². The molecule has 2 nitrogen and oxygen atoms in total. The second kappa shape index (κ2) is 7.35. The fourth-order valence-electron chi connectivity index (χ4n) is 1.99. The zero-order valence-electron chi connectivity index (χ0n) is 12.1. The highest BCUT2D eigenvalue weighted by Gasteiger charge is 2.15. The topological polar surface area (TPSA) is 26.3 Å². The second-order valence-corrected chi connectivity index (χ2v) is 6.68. The fourth-order valence-corrected chi connectivity index (χ4v) is 3.37. The maximum atomic E-state index is 12.9. The van der Waals surface area contributed by atoms with Crippen molar-refractivity contribution in [3.05, 3.63) is 80.4 Å². The van der Waals surface area contributed by atoms with Crippen LogP contribution in [0.1, 0.15) is 15.3 Å². The first kappa shape index (κ1) is 15.6. The fraction of sp³-hybridized carbons (Fsp3) is 0.0556. The van der Waals surface area contributed by atoms with E-state index in [0.717, 1.165) is 15.3 Å². The van der Waals surface area contributed by atoms with E-state index in [2.05, 4.69) is 0 Å². The Morgan fingerprint density at radius 2 is 1.78 bits per heavy atom. The van der Waals surface area contributed by atoms with Crippen LogP contribution in [-0.4, -0.2) is 5.97 Å². The molecule has 116 valence electrons. The number of benzene rings is 1. The predicted octanol–water partition coefficient (Wildman–Crippen LogP) is 5.23. The third kappa shape index (κ3) is 4.15. The Hall–Kier alpha value is -2.24. The van der Waals surface area contributed by atoms with E-state index >= 15 is 0 Å². The van der Waals surface area contributed by atoms with Gasteiger partial charge in [0.2, 0.25) is 0 Å².